The van der Waals surface area contributed by atoms with Gasteiger partial charge in [0, 0.05) is 11.9 Å². The van der Waals surface area contributed by atoms with Gasteiger partial charge in [-0.1, -0.05) is 26.8 Å². The quantitative estimate of drug-likeness (QED) is 0.803. The topological polar surface area (TPSA) is 52.1 Å². The predicted molar refractivity (Wildman–Crippen MR) is 86.6 cm³/mol. The fourth-order valence-corrected chi connectivity index (χ4v) is 2.21. The van der Waals surface area contributed by atoms with E-state index in [1.54, 1.807) is 19.2 Å². The highest BCUT2D eigenvalue weighted by molar-refractivity contribution is 5.95. The Bertz CT molecular complexity index is 646. The fraction of sp³-hybridized carbons (Fsp3) is 0.389. The van der Waals surface area contributed by atoms with Crippen LogP contribution in [0.4, 0.5) is 0 Å². The fourth-order valence-electron chi connectivity index (χ4n) is 2.21. The zero-order valence-electron chi connectivity index (χ0n) is 13.6. The van der Waals surface area contributed by atoms with Gasteiger partial charge in [0.2, 0.25) is 0 Å². The second-order valence-electron chi connectivity index (χ2n) is 6.37. The van der Waals surface area contributed by atoms with Crippen molar-refractivity contribution in [1.82, 2.24) is 9.97 Å². The van der Waals surface area contributed by atoms with E-state index in [1.165, 1.54) is 0 Å². The third kappa shape index (κ3) is 4.13. The second-order valence-corrected chi connectivity index (χ2v) is 6.37. The first-order valence-electron chi connectivity index (χ1n) is 7.49. The van der Waals surface area contributed by atoms with E-state index in [1.807, 2.05) is 24.3 Å². The standard InChI is InChI=1S/C18H22N2O2/c1-5-22-17(21)14-10-9-13(12-18(2,3)4)20-16(14)15-8-6-7-11-19-15/h6-11H,5,12H2,1-4H3. The molecule has 0 bridgehead atoms. The van der Waals surface area contributed by atoms with Crippen LogP contribution in [-0.4, -0.2) is 22.5 Å². The minimum Gasteiger partial charge on any atom is -0.462 e. The van der Waals surface area contributed by atoms with Gasteiger partial charge in [0.25, 0.3) is 0 Å². The van der Waals surface area contributed by atoms with E-state index in [0.717, 1.165) is 12.1 Å². The monoisotopic (exact) mass is 298 g/mol. The number of aromatic nitrogens is 2. The first-order chi connectivity index (χ1) is 10.4. The Labute approximate surface area is 131 Å². The van der Waals surface area contributed by atoms with Crippen molar-refractivity contribution < 1.29 is 9.53 Å². The van der Waals surface area contributed by atoms with Crippen molar-refractivity contribution in [3.63, 3.8) is 0 Å². The molecule has 0 aliphatic carbocycles. The van der Waals surface area contributed by atoms with Crippen LogP contribution in [-0.2, 0) is 11.2 Å². The van der Waals surface area contributed by atoms with E-state index in [4.69, 9.17) is 4.74 Å². The molecule has 0 amide bonds. The van der Waals surface area contributed by atoms with Gasteiger partial charge < -0.3 is 4.74 Å². The lowest BCUT2D eigenvalue weighted by Crippen LogP contribution is -2.13. The summed E-state index contributed by atoms with van der Waals surface area (Å²) >= 11 is 0. The van der Waals surface area contributed by atoms with Gasteiger partial charge >= 0.3 is 5.97 Å². The summed E-state index contributed by atoms with van der Waals surface area (Å²) in [5, 5.41) is 0. The van der Waals surface area contributed by atoms with Crippen molar-refractivity contribution >= 4 is 5.97 Å². The molecular weight excluding hydrogens is 276 g/mol. The number of nitrogens with zero attached hydrogens (tertiary/aromatic N) is 2. The van der Waals surface area contributed by atoms with E-state index < -0.39 is 0 Å². The molecule has 2 heterocycles. The lowest BCUT2D eigenvalue weighted by atomic mass is 9.90. The number of esters is 1. The van der Waals surface area contributed by atoms with Crippen molar-refractivity contribution in [3.8, 4) is 11.4 Å². The highest BCUT2D eigenvalue weighted by Crippen LogP contribution is 2.25. The maximum atomic E-state index is 12.1. The lowest BCUT2D eigenvalue weighted by molar-refractivity contribution is 0.0527. The Morgan fingerprint density at radius 1 is 1.18 bits per heavy atom. The van der Waals surface area contributed by atoms with E-state index in [2.05, 4.69) is 30.7 Å². The SMILES string of the molecule is CCOC(=O)c1ccc(CC(C)(C)C)nc1-c1ccccn1. The Morgan fingerprint density at radius 3 is 2.55 bits per heavy atom. The van der Waals surface area contributed by atoms with Crippen LogP contribution >= 0.6 is 0 Å². The number of carbonyl (C=O) groups is 1. The normalized spacial score (nSPS) is 11.3. The maximum absolute atomic E-state index is 12.1. The van der Waals surface area contributed by atoms with Crippen molar-refractivity contribution in [3.05, 3.63) is 47.8 Å². The van der Waals surface area contributed by atoms with Crippen LogP contribution in [0.3, 0.4) is 0 Å². The molecule has 2 rings (SSSR count). The average molecular weight is 298 g/mol. The molecule has 4 nitrogen and oxygen atoms in total. The molecular formula is C18H22N2O2. The van der Waals surface area contributed by atoms with Gasteiger partial charge in [0.15, 0.2) is 0 Å². The summed E-state index contributed by atoms with van der Waals surface area (Å²) in [7, 11) is 0. The van der Waals surface area contributed by atoms with E-state index in [9.17, 15) is 4.79 Å². The zero-order valence-corrected chi connectivity index (χ0v) is 13.6. The average Bonchev–Trinajstić information content (AvgIpc) is 2.46. The molecule has 2 aromatic heterocycles. The number of pyridine rings is 2. The molecule has 0 unspecified atom stereocenters. The number of ether oxygens (including phenoxy) is 1. The van der Waals surface area contributed by atoms with Gasteiger partial charge in [0.1, 0.15) is 5.69 Å². The summed E-state index contributed by atoms with van der Waals surface area (Å²) in [4.78, 5) is 21.1. The molecule has 116 valence electrons. The summed E-state index contributed by atoms with van der Waals surface area (Å²) in [6, 6.07) is 9.26. The van der Waals surface area contributed by atoms with Crippen LogP contribution in [0.25, 0.3) is 11.4 Å². The Balaban J connectivity index is 2.49. The molecule has 0 fully saturated rings. The number of carbonyl (C=O) groups excluding carboxylic acids is 1. The van der Waals surface area contributed by atoms with Crippen LogP contribution in [0, 0.1) is 5.41 Å². The number of hydrogen-bond acceptors (Lipinski definition) is 4. The van der Waals surface area contributed by atoms with Crippen molar-refractivity contribution in [2.24, 2.45) is 5.41 Å². The van der Waals surface area contributed by atoms with Crippen molar-refractivity contribution in [2.75, 3.05) is 6.61 Å². The molecule has 0 saturated heterocycles. The minimum absolute atomic E-state index is 0.125. The molecule has 0 spiro atoms. The lowest BCUT2D eigenvalue weighted by Gasteiger charge is -2.18. The second kappa shape index (κ2) is 6.69. The Morgan fingerprint density at radius 2 is 1.95 bits per heavy atom. The summed E-state index contributed by atoms with van der Waals surface area (Å²) in [5.74, 6) is -0.363. The van der Waals surface area contributed by atoms with Gasteiger partial charge in [-0.05, 0) is 43.0 Å². The molecule has 0 saturated carbocycles. The number of rotatable bonds is 4. The van der Waals surface area contributed by atoms with Gasteiger partial charge in [-0.3, -0.25) is 9.97 Å². The van der Waals surface area contributed by atoms with Crippen LogP contribution in [0.15, 0.2) is 36.5 Å². The van der Waals surface area contributed by atoms with Crippen LogP contribution in [0.5, 0.6) is 0 Å². The third-order valence-corrected chi connectivity index (χ3v) is 3.07. The summed E-state index contributed by atoms with van der Waals surface area (Å²) in [6.07, 6.45) is 2.53. The molecule has 0 atom stereocenters. The Hall–Kier alpha value is -2.23. The molecule has 2 aromatic rings. The molecule has 0 aliphatic rings. The number of hydrogen-bond donors (Lipinski definition) is 0. The molecule has 0 aliphatic heterocycles. The minimum atomic E-state index is -0.363. The van der Waals surface area contributed by atoms with Crippen LogP contribution < -0.4 is 0 Å². The molecule has 22 heavy (non-hydrogen) atoms. The first kappa shape index (κ1) is 16.1. The third-order valence-electron chi connectivity index (χ3n) is 3.07. The smallest absolute Gasteiger partial charge is 0.340 e. The molecule has 0 N–H and O–H groups in total. The van der Waals surface area contributed by atoms with Crippen molar-refractivity contribution in [2.45, 2.75) is 34.1 Å². The maximum Gasteiger partial charge on any atom is 0.340 e. The summed E-state index contributed by atoms with van der Waals surface area (Å²) in [5.41, 5.74) is 2.79. The largest absolute Gasteiger partial charge is 0.462 e. The summed E-state index contributed by atoms with van der Waals surface area (Å²) in [6.45, 7) is 8.61. The van der Waals surface area contributed by atoms with Gasteiger partial charge in [0.05, 0.1) is 17.9 Å². The molecule has 0 aromatic carbocycles. The van der Waals surface area contributed by atoms with Gasteiger partial charge in [-0.15, -0.1) is 0 Å². The van der Waals surface area contributed by atoms with Crippen LogP contribution in [0.1, 0.15) is 43.7 Å². The predicted octanol–water partition coefficient (Wildman–Crippen LogP) is 3.91. The highest BCUT2D eigenvalue weighted by Gasteiger charge is 2.19. The Kier molecular flexibility index (Phi) is 4.91. The van der Waals surface area contributed by atoms with Crippen molar-refractivity contribution in [1.29, 1.82) is 0 Å². The first-order valence-corrected chi connectivity index (χ1v) is 7.49. The van der Waals surface area contributed by atoms with E-state index in [0.29, 0.717) is 23.6 Å². The zero-order chi connectivity index (χ0) is 16.2. The van der Waals surface area contributed by atoms with E-state index in [-0.39, 0.29) is 11.4 Å². The highest BCUT2D eigenvalue weighted by atomic mass is 16.5. The van der Waals surface area contributed by atoms with Crippen LogP contribution in [0.2, 0.25) is 0 Å². The van der Waals surface area contributed by atoms with Gasteiger partial charge in [-0.25, -0.2) is 4.79 Å². The molecule has 0 radical (unpaired) electrons. The molecule has 4 heteroatoms. The summed E-state index contributed by atoms with van der Waals surface area (Å²) < 4.78 is 5.12. The van der Waals surface area contributed by atoms with E-state index >= 15 is 0 Å². The van der Waals surface area contributed by atoms with Gasteiger partial charge in [-0.2, -0.15) is 0 Å².